The van der Waals surface area contributed by atoms with Crippen molar-refractivity contribution in [1.29, 1.82) is 0 Å². The summed E-state index contributed by atoms with van der Waals surface area (Å²) in [5, 5.41) is 6.04. The van der Waals surface area contributed by atoms with Gasteiger partial charge in [-0.2, -0.15) is 4.37 Å². The Kier molecular flexibility index (Phi) is 9.48. The van der Waals surface area contributed by atoms with Crippen molar-refractivity contribution in [1.82, 2.24) is 20.0 Å². The molecule has 10 nitrogen and oxygen atoms in total. The number of nitrogen functional groups attached to an aromatic ring is 1. The van der Waals surface area contributed by atoms with Gasteiger partial charge in [0.25, 0.3) is 11.8 Å². The number of carbonyl (C=O) groups is 3. The molecule has 1 aromatic carbocycles. The van der Waals surface area contributed by atoms with Gasteiger partial charge in [-0.3, -0.25) is 24.3 Å². The first-order valence-corrected chi connectivity index (χ1v) is 15.4. The lowest BCUT2D eigenvalue weighted by Crippen LogP contribution is -2.46. The molecule has 222 valence electrons. The highest BCUT2D eigenvalue weighted by molar-refractivity contribution is 7.09. The Balaban J connectivity index is 1.52. The zero-order chi connectivity index (χ0) is 29.6. The predicted octanol–water partition coefficient (Wildman–Crippen LogP) is 4.48. The first-order valence-electron chi connectivity index (χ1n) is 14.6. The van der Waals surface area contributed by atoms with Crippen LogP contribution in [0, 0.1) is 13.8 Å². The average molecular weight is 591 g/mol. The molecule has 0 spiro atoms. The maximum atomic E-state index is 14.5. The number of rotatable bonds is 9. The summed E-state index contributed by atoms with van der Waals surface area (Å²) in [7, 11) is 0. The Hall–Kier alpha value is -3.83. The number of nitrogens with zero attached hydrogens (tertiary/aromatic N) is 3. The number of anilines is 2. The topological polar surface area (TPSA) is 140 Å². The third-order valence-corrected chi connectivity index (χ3v) is 8.83. The van der Waals surface area contributed by atoms with Crippen LogP contribution in [0.1, 0.15) is 87.8 Å². The van der Waals surface area contributed by atoms with Crippen molar-refractivity contribution in [3.8, 4) is 0 Å². The van der Waals surface area contributed by atoms with Gasteiger partial charge >= 0.3 is 0 Å². The highest BCUT2D eigenvalue weighted by Gasteiger charge is 2.37. The number of pyridine rings is 1. The van der Waals surface area contributed by atoms with Crippen LogP contribution < -0.4 is 21.3 Å². The summed E-state index contributed by atoms with van der Waals surface area (Å²) in [6.07, 6.45) is 10.1. The van der Waals surface area contributed by atoms with E-state index in [0.29, 0.717) is 24.4 Å². The molecule has 2 atom stereocenters. The molecule has 1 aliphatic carbocycles. The van der Waals surface area contributed by atoms with Gasteiger partial charge in [0.15, 0.2) is 5.69 Å². The van der Waals surface area contributed by atoms with E-state index < -0.39 is 11.9 Å². The van der Waals surface area contributed by atoms with Crippen LogP contribution in [0.4, 0.5) is 11.4 Å². The number of aryl methyl sites for hydroxylation is 2. The lowest BCUT2D eigenvalue weighted by Gasteiger charge is -2.32. The van der Waals surface area contributed by atoms with Crippen LogP contribution in [0.2, 0.25) is 0 Å². The van der Waals surface area contributed by atoms with E-state index in [0.717, 1.165) is 67.6 Å². The van der Waals surface area contributed by atoms with E-state index >= 15 is 0 Å². The summed E-state index contributed by atoms with van der Waals surface area (Å²) >= 11 is 0.875. The molecular weight excluding hydrogens is 552 g/mol. The van der Waals surface area contributed by atoms with Gasteiger partial charge in [-0.25, -0.2) is 0 Å². The molecule has 2 fully saturated rings. The number of nitrogens with two attached hydrogens (primary N) is 1. The number of benzene rings is 1. The second-order valence-corrected chi connectivity index (χ2v) is 11.9. The number of amides is 3. The number of ether oxygens (including phenoxy) is 1. The molecule has 11 heteroatoms. The van der Waals surface area contributed by atoms with E-state index in [1.54, 1.807) is 24.5 Å². The summed E-state index contributed by atoms with van der Waals surface area (Å²) in [5.74, 6) is -1.25. The molecule has 5 rings (SSSR count). The Labute approximate surface area is 250 Å². The van der Waals surface area contributed by atoms with Crippen LogP contribution in [-0.2, 0) is 9.53 Å². The van der Waals surface area contributed by atoms with Crippen molar-refractivity contribution in [2.45, 2.75) is 77.0 Å². The quantitative estimate of drug-likeness (QED) is 0.334. The molecule has 42 heavy (non-hydrogen) atoms. The summed E-state index contributed by atoms with van der Waals surface area (Å²) in [5.41, 5.74) is 9.40. The van der Waals surface area contributed by atoms with Gasteiger partial charge in [0.2, 0.25) is 5.91 Å². The van der Waals surface area contributed by atoms with Crippen LogP contribution in [0.3, 0.4) is 0 Å². The number of hydrogen-bond acceptors (Lipinski definition) is 8. The number of hydrogen-bond donors (Lipinski definition) is 3. The van der Waals surface area contributed by atoms with E-state index in [1.807, 2.05) is 32.0 Å². The standard InChI is InChI=1S/C31H38N6O4S/c1-19-10-11-20(2)24(17-19)37(27(21-12-14-33-15-13-21)30(39)34-18-23-9-6-16-41-23)31(40)28-25(32)26(36-42-28)29(38)35-22-7-4-3-5-8-22/h10-15,17,22-23,27H,3-9,16,18,32H2,1-2H3,(H,34,39)(H,35,38)/t23-,27+/m0/s1. The minimum absolute atomic E-state index is 0.0156. The van der Waals surface area contributed by atoms with E-state index in [1.165, 1.54) is 4.90 Å². The van der Waals surface area contributed by atoms with Gasteiger partial charge in [-0.05, 0) is 86.0 Å². The van der Waals surface area contributed by atoms with Gasteiger partial charge in [-0.15, -0.1) is 0 Å². The fourth-order valence-electron chi connectivity index (χ4n) is 5.65. The van der Waals surface area contributed by atoms with E-state index in [4.69, 9.17) is 10.5 Å². The van der Waals surface area contributed by atoms with Crippen molar-refractivity contribution >= 4 is 40.6 Å². The molecule has 1 saturated carbocycles. The lowest BCUT2D eigenvalue weighted by atomic mass is 9.95. The molecule has 1 aliphatic heterocycles. The highest BCUT2D eigenvalue weighted by Crippen LogP contribution is 2.35. The molecule has 0 unspecified atom stereocenters. The lowest BCUT2D eigenvalue weighted by molar-refractivity contribution is -0.123. The minimum Gasteiger partial charge on any atom is -0.395 e. The molecule has 3 heterocycles. The minimum atomic E-state index is -1.04. The van der Waals surface area contributed by atoms with E-state index in [-0.39, 0.29) is 40.2 Å². The summed E-state index contributed by atoms with van der Waals surface area (Å²) in [6.45, 7) is 4.83. The molecule has 3 aromatic rings. The van der Waals surface area contributed by atoms with Gasteiger partial charge in [0.1, 0.15) is 10.9 Å². The maximum absolute atomic E-state index is 14.5. The van der Waals surface area contributed by atoms with Crippen molar-refractivity contribution in [2.75, 3.05) is 23.8 Å². The zero-order valence-corrected chi connectivity index (χ0v) is 24.9. The molecule has 3 amide bonds. The summed E-state index contributed by atoms with van der Waals surface area (Å²) in [6, 6.07) is 8.22. The molecular formula is C31H38N6O4S. The maximum Gasteiger partial charge on any atom is 0.273 e. The molecule has 2 aliphatic rings. The smallest absolute Gasteiger partial charge is 0.273 e. The summed E-state index contributed by atoms with van der Waals surface area (Å²) < 4.78 is 10.0. The fourth-order valence-corrected chi connectivity index (χ4v) is 6.39. The molecule has 1 saturated heterocycles. The van der Waals surface area contributed by atoms with Gasteiger partial charge < -0.3 is 21.1 Å². The molecule has 4 N–H and O–H groups in total. The first kappa shape index (κ1) is 29.7. The second kappa shape index (κ2) is 13.4. The third kappa shape index (κ3) is 6.63. The number of nitrogens with one attached hydrogen (secondary N) is 2. The number of aromatic nitrogens is 2. The first-order chi connectivity index (χ1) is 20.3. The van der Waals surface area contributed by atoms with Crippen molar-refractivity contribution in [3.63, 3.8) is 0 Å². The fraction of sp³-hybridized carbons (Fsp3) is 0.452. The van der Waals surface area contributed by atoms with Crippen LogP contribution >= 0.6 is 11.5 Å². The Morgan fingerprint density at radius 2 is 1.83 bits per heavy atom. The van der Waals surface area contributed by atoms with Crippen LogP contribution in [0.5, 0.6) is 0 Å². The highest BCUT2D eigenvalue weighted by atomic mass is 32.1. The monoisotopic (exact) mass is 590 g/mol. The van der Waals surface area contributed by atoms with Crippen LogP contribution in [-0.4, -0.2) is 52.4 Å². The zero-order valence-electron chi connectivity index (χ0n) is 24.1. The Morgan fingerprint density at radius 3 is 2.55 bits per heavy atom. The van der Waals surface area contributed by atoms with Crippen molar-refractivity contribution < 1.29 is 19.1 Å². The van der Waals surface area contributed by atoms with Gasteiger partial charge in [0, 0.05) is 37.3 Å². The van der Waals surface area contributed by atoms with Crippen molar-refractivity contribution in [3.05, 3.63) is 70.0 Å². The van der Waals surface area contributed by atoms with Gasteiger partial charge in [-0.1, -0.05) is 31.4 Å². The molecule has 0 radical (unpaired) electrons. The predicted molar refractivity (Wildman–Crippen MR) is 163 cm³/mol. The van der Waals surface area contributed by atoms with E-state index in [9.17, 15) is 14.4 Å². The number of carbonyl (C=O) groups excluding carboxylic acids is 3. The Bertz CT molecular complexity index is 1420. The van der Waals surface area contributed by atoms with Crippen molar-refractivity contribution in [2.24, 2.45) is 0 Å². The SMILES string of the molecule is Cc1ccc(C)c(N(C(=O)c2snc(C(=O)NC3CCCCC3)c2N)[C@@H](C(=O)NC[C@@H]2CCCO2)c2ccncc2)c1. The normalized spacial score (nSPS) is 17.9. The molecule has 2 aromatic heterocycles. The third-order valence-electron chi connectivity index (χ3n) is 7.98. The van der Waals surface area contributed by atoms with Crippen LogP contribution in [0.15, 0.2) is 42.7 Å². The van der Waals surface area contributed by atoms with Crippen LogP contribution in [0.25, 0.3) is 0 Å². The average Bonchev–Trinajstić information content (AvgIpc) is 3.66. The molecule has 0 bridgehead atoms. The van der Waals surface area contributed by atoms with E-state index in [2.05, 4.69) is 20.0 Å². The largest absolute Gasteiger partial charge is 0.395 e. The Morgan fingerprint density at radius 1 is 1.07 bits per heavy atom. The summed E-state index contributed by atoms with van der Waals surface area (Å²) in [4.78, 5) is 47.3. The van der Waals surface area contributed by atoms with Gasteiger partial charge in [0.05, 0.1) is 11.8 Å². The second-order valence-electron chi connectivity index (χ2n) is 11.1.